The van der Waals surface area contributed by atoms with E-state index in [2.05, 4.69) is 30.6 Å². The molecular weight excluding hydrogens is 542 g/mol. The SMILES string of the molecule is CO.NC(=[NH2+])NC(=O)c1nc(Cl)c(N)nc1N.NC(=[NH2+])NC(=O)c1nc(Cl)c(N)nc1N.[Cl-].[Cl-]. The molecule has 2 amide bonds. The number of amides is 2. The van der Waals surface area contributed by atoms with Crippen molar-refractivity contribution < 1.29 is 50.3 Å². The molecule has 0 aliphatic heterocycles. The Bertz CT molecular complexity index is 957. The van der Waals surface area contributed by atoms with Gasteiger partial charge >= 0.3 is 23.7 Å². The normalized spacial score (nSPS) is 8.71. The van der Waals surface area contributed by atoms with Crippen LogP contribution in [0.15, 0.2) is 0 Å². The third-order valence-electron chi connectivity index (χ3n) is 2.76. The Labute approximate surface area is 214 Å². The van der Waals surface area contributed by atoms with Crippen LogP contribution in [0.1, 0.15) is 21.0 Å². The summed E-state index contributed by atoms with van der Waals surface area (Å²) >= 11 is 11.1. The molecule has 2 aromatic heterocycles. The maximum atomic E-state index is 11.4. The summed E-state index contributed by atoms with van der Waals surface area (Å²) in [7, 11) is 1.00. The van der Waals surface area contributed by atoms with Gasteiger partial charge in [0, 0.05) is 7.11 Å². The second-order valence-corrected chi connectivity index (χ2v) is 5.80. The summed E-state index contributed by atoms with van der Waals surface area (Å²) in [6, 6.07) is 0. The molecule has 0 aliphatic rings. The van der Waals surface area contributed by atoms with Crippen LogP contribution < -0.4 is 80.7 Å². The highest BCUT2D eigenvalue weighted by molar-refractivity contribution is 6.32. The molecule has 0 aromatic carbocycles. The van der Waals surface area contributed by atoms with Crippen LogP contribution >= 0.6 is 23.2 Å². The van der Waals surface area contributed by atoms with Gasteiger partial charge in [-0.05, 0) is 0 Å². The van der Waals surface area contributed by atoms with Crippen molar-refractivity contribution in [1.29, 1.82) is 0 Å². The molecule has 21 heteroatoms. The average Bonchev–Trinajstić information content (AvgIpc) is 2.68. The Morgan fingerprint density at radius 1 is 0.706 bits per heavy atom. The van der Waals surface area contributed by atoms with Gasteiger partial charge < -0.3 is 52.9 Å². The van der Waals surface area contributed by atoms with Crippen molar-refractivity contribution in [3.8, 4) is 0 Å². The number of carbonyl (C=O) groups excluding carboxylic acids is 2. The lowest BCUT2D eigenvalue weighted by molar-refractivity contribution is -0.120. The number of halogens is 4. The van der Waals surface area contributed by atoms with Gasteiger partial charge in [-0.25, -0.2) is 40.2 Å². The van der Waals surface area contributed by atoms with E-state index >= 15 is 0 Å². The third kappa shape index (κ3) is 10.8. The summed E-state index contributed by atoms with van der Waals surface area (Å²) < 4.78 is 0. The number of nitrogen functional groups attached to an aromatic ring is 4. The number of aliphatic hydroxyl groups is 1. The molecular formula is C13H22Cl4N14O3. The molecule has 0 fully saturated rings. The molecule has 2 aromatic rings. The molecule has 17 nitrogen and oxygen atoms in total. The first-order valence-corrected chi connectivity index (χ1v) is 8.59. The highest BCUT2D eigenvalue weighted by atomic mass is 35.5. The average molecular weight is 564 g/mol. The quantitative estimate of drug-likeness (QED) is 0.119. The minimum absolute atomic E-state index is 0. The Hall–Kier alpha value is -3.64. The van der Waals surface area contributed by atoms with Crippen molar-refractivity contribution >= 4 is 70.2 Å². The number of guanidine groups is 2. The van der Waals surface area contributed by atoms with E-state index in [-0.39, 0.29) is 81.7 Å². The number of nitrogens with two attached hydrogens (primary N) is 8. The Morgan fingerprint density at radius 2 is 0.971 bits per heavy atom. The lowest BCUT2D eigenvalue weighted by Gasteiger charge is -2.03. The van der Waals surface area contributed by atoms with E-state index in [1.54, 1.807) is 0 Å². The van der Waals surface area contributed by atoms with Gasteiger partial charge in [0.1, 0.15) is 0 Å². The maximum absolute atomic E-state index is 11.4. The second-order valence-electron chi connectivity index (χ2n) is 5.09. The van der Waals surface area contributed by atoms with Crippen LogP contribution in [0, 0.1) is 0 Å². The zero-order chi connectivity index (χ0) is 25.2. The highest BCUT2D eigenvalue weighted by Crippen LogP contribution is 2.17. The van der Waals surface area contributed by atoms with Crippen LogP contribution in [0.4, 0.5) is 23.3 Å². The summed E-state index contributed by atoms with van der Waals surface area (Å²) in [6.07, 6.45) is 0. The molecule has 0 spiro atoms. The van der Waals surface area contributed by atoms with Crippen LogP contribution in [-0.4, -0.2) is 55.9 Å². The first-order chi connectivity index (χ1) is 14.8. The van der Waals surface area contributed by atoms with Gasteiger partial charge in [-0.15, -0.1) is 0 Å². The van der Waals surface area contributed by atoms with E-state index in [1.165, 1.54) is 0 Å². The summed E-state index contributed by atoms with van der Waals surface area (Å²) in [4.78, 5) is 37.2. The Morgan fingerprint density at radius 3 is 1.21 bits per heavy atom. The standard InChI is InChI=1S/2C6H8ClN7O.CH4O.2ClH/c2*7-2-4(9)13-3(8)1(12-2)5(15)14-6(10)11;1-2;;/h2*(H4,8,9,13)(H4,10,11,14,15);2H,1H3;2*1H. The summed E-state index contributed by atoms with van der Waals surface area (Å²) in [5.74, 6) is -2.41. The largest absolute Gasteiger partial charge is 1.00 e. The molecule has 190 valence electrons. The number of rotatable bonds is 2. The van der Waals surface area contributed by atoms with Crippen molar-refractivity contribution in [2.75, 3.05) is 30.0 Å². The molecule has 0 atom stereocenters. The van der Waals surface area contributed by atoms with Gasteiger partial charge in [0.2, 0.25) is 0 Å². The van der Waals surface area contributed by atoms with E-state index in [1.807, 2.05) is 0 Å². The second kappa shape index (κ2) is 16.0. The fourth-order valence-corrected chi connectivity index (χ4v) is 1.85. The zero-order valence-electron chi connectivity index (χ0n) is 17.2. The fourth-order valence-electron chi connectivity index (χ4n) is 1.60. The molecule has 0 unspecified atom stereocenters. The number of nitrogens with zero attached hydrogens (tertiary/aromatic N) is 4. The Kier molecular flexibility index (Phi) is 16.5. The molecule has 0 bridgehead atoms. The first kappa shape index (κ1) is 35.0. The highest BCUT2D eigenvalue weighted by Gasteiger charge is 2.20. The monoisotopic (exact) mass is 562 g/mol. The summed E-state index contributed by atoms with van der Waals surface area (Å²) in [5.41, 5.74) is 31.2. The zero-order valence-corrected chi connectivity index (χ0v) is 20.2. The Balaban J connectivity index is -0.000000499. The van der Waals surface area contributed by atoms with E-state index in [4.69, 9.17) is 73.5 Å². The molecule has 34 heavy (non-hydrogen) atoms. The number of hydrogen-bond acceptors (Lipinski definition) is 11. The van der Waals surface area contributed by atoms with Gasteiger partial charge in [0.25, 0.3) is 0 Å². The van der Waals surface area contributed by atoms with Crippen LogP contribution in [0.2, 0.25) is 10.3 Å². The number of nitrogens with one attached hydrogen (secondary N) is 2. The van der Waals surface area contributed by atoms with E-state index < -0.39 is 11.8 Å². The molecule has 19 N–H and O–H groups in total. The number of carbonyl (C=O) groups is 2. The van der Waals surface area contributed by atoms with Crippen molar-refractivity contribution in [1.82, 2.24) is 30.6 Å². The van der Waals surface area contributed by atoms with Gasteiger partial charge in [0.05, 0.1) is 0 Å². The molecule has 2 heterocycles. The topological polar surface area (TPSA) is 337 Å². The number of aromatic nitrogens is 4. The number of aliphatic hydroxyl groups excluding tert-OH is 1. The van der Waals surface area contributed by atoms with E-state index in [9.17, 15) is 9.59 Å². The van der Waals surface area contributed by atoms with Crippen molar-refractivity contribution in [2.45, 2.75) is 0 Å². The van der Waals surface area contributed by atoms with Crippen molar-refractivity contribution in [3.05, 3.63) is 21.7 Å². The van der Waals surface area contributed by atoms with Crippen LogP contribution in [0.3, 0.4) is 0 Å². The predicted molar refractivity (Wildman–Crippen MR) is 117 cm³/mol. The molecule has 0 saturated heterocycles. The number of anilines is 4. The van der Waals surface area contributed by atoms with Crippen molar-refractivity contribution in [3.63, 3.8) is 0 Å². The molecule has 0 saturated carbocycles. The minimum atomic E-state index is -0.707. The lowest BCUT2D eigenvalue weighted by Crippen LogP contribution is -3.00. The van der Waals surface area contributed by atoms with Crippen LogP contribution in [0.5, 0.6) is 0 Å². The lowest BCUT2D eigenvalue weighted by atomic mass is 10.4. The number of hydrogen-bond donors (Lipinski definition) is 11. The predicted octanol–water partition coefficient (Wildman–Crippen LogP) is -12.2. The van der Waals surface area contributed by atoms with Crippen LogP contribution in [0.25, 0.3) is 0 Å². The summed E-state index contributed by atoms with van der Waals surface area (Å²) in [5, 5.41) is 21.1. The first-order valence-electron chi connectivity index (χ1n) is 7.83. The van der Waals surface area contributed by atoms with Gasteiger partial charge in [0.15, 0.2) is 45.0 Å². The van der Waals surface area contributed by atoms with Gasteiger partial charge in [-0.1, -0.05) is 23.2 Å². The maximum Gasteiger partial charge on any atom is 0.346 e. The molecule has 0 radical (unpaired) electrons. The minimum Gasteiger partial charge on any atom is -1.00 e. The van der Waals surface area contributed by atoms with Gasteiger partial charge in [-0.3, -0.25) is 22.3 Å². The molecule has 2 rings (SSSR count). The van der Waals surface area contributed by atoms with E-state index in [0.717, 1.165) is 7.11 Å². The van der Waals surface area contributed by atoms with Crippen LogP contribution in [-0.2, 0) is 0 Å². The smallest absolute Gasteiger partial charge is 0.346 e. The molecule has 0 aliphatic carbocycles. The van der Waals surface area contributed by atoms with Gasteiger partial charge in [-0.2, -0.15) is 0 Å². The van der Waals surface area contributed by atoms with E-state index in [0.29, 0.717) is 0 Å². The van der Waals surface area contributed by atoms with Crippen molar-refractivity contribution in [2.24, 2.45) is 11.5 Å². The summed E-state index contributed by atoms with van der Waals surface area (Å²) in [6.45, 7) is 0. The fraction of sp³-hybridized carbons (Fsp3) is 0.0769. The third-order valence-corrected chi connectivity index (χ3v) is 3.31.